The number of hydrogen-bond acceptors (Lipinski definition) is 3. The summed E-state index contributed by atoms with van der Waals surface area (Å²) in [4.78, 5) is 24.2. The van der Waals surface area contributed by atoms with Gasteiger partial charge in [0.25, 0.3) is 5.91 Å². The molecular weight excluding hydrogens is 379 g/mol. The molecule has 0 aliphatic carbocycles. The highest BCUT2D eigenvalue weighted by atomic mass is 127. The van der Waals surface area contributed by atoms with Gasteiger partial charge in [0.05, 0.1) is 25.9 Å². The summed E-state index contributed by atoms with van der Waals surface area (Å²) in [6, 6.07) is 5.75. The summed E-state index contributed by atoms with van der Waals surface area (Å²) in [6.45, 7) is 0.678. The number of H-pyrrole nitrogens is 1. The van der Waals surface area contributed by atoms with Crippen LogP contribution in [0.2, 0.25) is 0 Å². The lowest BCUT2D eigenvalue weighted by Crippen LogP contribution is -2.31. The molecule has 21 heavy (non-hydrogen) atoms. The van der Waals surface area contributed by atoms with E-state index in [1.54, 1.807) is 12.4 Å². The Kier molecular flexibility index (Phi) is 2.91. The van der Waals surface area contributed by atoms with Crippen LogP contribution >= 0.6 is 22.6 Å². The van der Waals surface area contributed by atoms with Gasteiger partial charge in [0.1, 0.15) is 0 Å². The number of halogens is 1. The average Bonchev–Trinajstić information content (AvgIpc) is 2.85. The van der Waals surface area contributed by atoms with Crippen molar-refractivity contribution < 1.29 is 4.79 Å². The Morgan fingerprint density at radius 2 is 2.10 bits per heavy atom. The number of aromatic nitrogens is 3. The Hall–Kier alpha value is -1.96. The fraction of sp³-hybridized carbons (Fsp3) is 0.133. The van der Waals surface area contributed by atoms with Gasteiger partial charge in [0.2, 0.25) is 0 Å². The van der Waals surface area contributed by atoms with E-state index in [4.69, 9.17) is 0 Å². The zero-order chi connectivity index (χ0) is 14.4. The number of amides is 1. The van der Waals surface area contributed by atoms with Crippen molar-refractivity contribution in [1.29, 1.82) is 0 Å². The first-order valence-corrected chi connectivity index (χ1v) is 7.72. The summed E-state index contributed by atoms with van der Waals surface area (Å²) < 4.78 is 0.943. The topological polar surface area (TPSA) is 70.7 Å². The number of fused-ring (bicyclic) bond motifs is 2. The van der Waals surface area contributed by atoms with Crippen molar-refractivity contribution in [1.82, 2.24) is 20.3 Å². The summed E-state index contributed by atoms with van der Waals surface area (Å²) in [5.74, 6) is -0.00512. The van der Waals surface area contributed by atoms with E-state index >= 15 is 0 Å². The number of nitrogens with one attached hydrogen (secondary N) is 2. The summed E-state index contributed by atoms with van der Waals surface area (Å²) in [5.41, 5.74) is 5.38. The monoisotopic (exact) mass is 390 g/mol. The summed E-state index contributed by atoms with van der Waals surface area (Å²) in [7, 11) is 0. The van der Waals surface area contributed by atoms with Crippen molar-refractivity contribution in [3.05, 3.63) is 45.4 Å². The molecule has 0 bridgehead atoms. The van der Waals surface area contributed by atoms with Crippen LogP contribution < -0.4 is 5.32 Å². The molecule has 1 aliphatic rings. The Bertz CT molecular complexity index is 866. The summed E-state index contributed by atoms with van der Waals surface area (Å²) in [5, 5.41) is 2.89. The van der Waals surface area contributed by atoms with Crippen LogP contribution in [0.1, 0.15) is 16.1 Å². The Morgan fingerprint density at radius 1 is 1.19 bits per heavy atom. The smallest absolute Gasteiger partial charge is 0.254 e. The van der Waals surface area contributed by atoms with Crippen LogP contribution in [-0.2, 0) is 6.42 Å². The molecule has 104 valence electrons. The number of hydrogen-bond donors (Lipinski definition) is 2. The van der Waals surface area contributed by atoms with Crippen molar-refractivity contribution in [2.24, 2.45) is 0 Å². The van der Waals surface area contributed by atoms with Crippen LogP contribution in [0.4, 0.5) is 0 Å². The van der Waals surface area contributed by atoms with Gasteiger partial charge in [-0.2, -0.15) is 0 Å². The van der Waals surface area contributed by atoms with E-state index in [1.807, 2.05) is 18.2 Å². The van der Waals surface area contributed by atoms with E-state index in [-0.39, 0.29) is 5.91 Å². The molecule has 0 aromatic carbocycles. The van der Waals surface area contributed by atoms with Crippen molar-refractivity contribution in [3.8, 4) is 11.3 Å². The predicted molar refractivity (Wildman–Crippen MR) is 88.1 cm³/mol. The first-order valence-electron chi connectivity index (χ1n) is 6.64. The zero-order valence-electron chi connectivity index (χ0n) is 11.0. The Labute approximate surface area is 134 Å². The van der Waals surface area contributed by atoms with Crippen LogP contribution in [0.5, 0.6) is 0 Å². The molecule has 5 nitrogen and oxygen atoms in total. The number of pyridine rings is 2. The van der Waals surface area contributed by atoms with Gasteiger partial charge in [0.15, 0.2) is 0 Å². The zero-order valence-corrected chi connectivity index (χ0v) is 13.1. The highest BCUT2D eigenvalue weighted by Crippen LogP contribution is 2.33. The predicted octanol–water partition coefficient (Wildman–Crippen LogP) is 2.52. The van der Waals surface area contributed by atoms with Crippen molar-refractivity contribution in [3.63, 3.8) is 0 Å². The van der Waals surface area contributed by atoms with Crippen LogP contribution in [0.25, 0.3) is 22.3 Å². The first kappa shape index (κ1) is 12.8. The molecule has 0 unspecified atom stereocenters. The van der Waals surface area contributed by atoms with Gasteiger partial charge >= 0.3 is 0 Å². The first-order chi connectivity index (χ1) is 10.3. The number of carbonyl (C=O) groups is 1. The second-order valence-electron chi connectivity index (χ2n) is 4.90. The van der Waals surface area contributed by atoms with E-state index in [2.05, 4.69) is 42.9 Å². The normalized spacial score (nSPS) is 14.0. The van der Waals surface area contributed by atoms with Crippen LogP contribution in [0, 0.1) is 3.57 Å². The van der Waals surface area contributed by atoms with Crippen LogP contribution in [-0.4, -0.2) is 27.4 Å². The molecule has 4 rings (SSSR count). The molecule has 6 heteroatoms. The molecule has 0 spiro atoms. The maximum Gasteiger partial charge on any atom is 0.254 e. The largest absolute Gasteiger partial charge is 0.357 e. The number of carbonyl (C=O) groups excluding carboxylic acids is 1. The molecule has 1 amide bonds. The van der Waals surface area contributed by atoms with E-state index in [1.165, 1.54) is 0 Å². The molecule has 3 aromatic rings. The highest BCUT2D eigenvalue weighted by Gasteiger charge is 2.25. The van der Waals surface area contributed by atoms with Gasteiger partial charge in [-0.25, -0.2) is 0 Å². The molecule has 0 radical (unpaired) electrons. The van der Waals surface area contributed by atoms with E-state index < -0.39 is 0 Å². The maximum absolute atomic E-state index is 12.1. The van der Waals surface area contributed by atoms with Crippen molar-refractivity contribution in [2.45, 2.75) is 6.42 Å². The summed E-state index contributed by atoms with van der Waals surface area (Å²) in [6.07, 6.45) is 4.36. The lowest BCUT2D eigenvalue weighted by molar-refractivity contribution is 0.0945. The molecule has 0 saturated carbocycles. The third-order valence-corrected chi connectivity index (χ3v) is 4.75. The summed E-state index contributed by atoms with van der Waals surface area (Å²) >= 11 is 2.23. The van der Waals surface area contributed by atoms with Crippen LogP contribution in [0.15, 0.2) is 30.6 Å². The van der Waals surface area contributed by atoms with E-state index in [0.29, 0.717) is 6.54 Å². The molecule has 4 heterocycles. The van der Waals surface area contributed by atoms with Gasteiger partial charge in [-0.05, 0) is 40.8 Å². The van der Waals surface area contributed by atoms with Crippen LogP contribution in [0.3, 0.4) is 0 Å². The highest BCUT2D eigenvalue weighted by molar-refractivity contribution is 14.1. The number of rotatable bonds is 1. The third-order valence-electron chi connectivity index (χ3n) is 3.67. The molecular formula is C15H11IN4O. The van der Waals surface area contributed by atoms with Gasteiger partial charge in [-0.15, -0.1) is 0 Å². The molecule has 1 aliphatic heterocycles. The Morgan fingerprint density at radius 3 is 2.95 bits per heavy atom. The van der Waals surface area contributed by atoms with Gasteiger partial charge < -0.3 is 10.3 Å². The van der Waals surface area contributed by atoms with E-state index in [9.17, 15) is 4.79 Å². The standard InChI is InChI=1S/C15H11IN4O/c16-12-11-9(4-7-19-15(11)21)20-14(12)8-3-6-17-10-2-1-5-18-13(8)10/h1-3,5-6,20H,4,7H2,(H,19,21). The average molecular weight is 390 g/mol. The molecule has 3 aromatic heterocycles. The molecule has 0 atom stereocenters. The second kappa shape index (κ2) is 4.80. The maximum atomic E-state index is 12.1. The minimum absolute atomic E-state index is 0.00512. The van der Waals surface area contributed by atoms with Gasteiger partial charge in [-0.1, -0.05) is 0 Å². The van der Waals surface area contributed by atoms with Gasteiger partial charge in [0, 0.05) is 36.6 Å². The van der Waals surface area contributed by atoms with Crippen molar-refractivity contribution >= 4 is 39.5 Å². The molecule has 0 saturated heterocycles. The minimum atomic E-state index is -0.00512. The SMILES string of the molecule is O=C1NCCc2[nH]c(-c3ccnc4cccnc34)c(I)c21. The molecule has 2 N–H and O–H groups in total. The lowest BCUT2D eigenvalue weighted by atomic mass is 10.1. The lowest BCUT2D eigenvalue weighted by Gasteiger charge is -2.11. The fourth-order valence-corrected chi connectivity index (χ4v) is 3.70. The van der Waals surface area contributed by atoms with Crippen molar-refractivity contribution in [2.75, 3.05) is 6.54 Å². The number of nitrogens with zero attached hydrogens (tertiary/aromatic N) is 2. The third kappa shape index (κ3) is 1.93. The van der Waals surface area contributed by atoms with Gasteiger partial charge in [-0.3, -0.25) is 14.8 Å². The number of aromatic amines is 1. The van der Waals surface area contributed by atoms with E-state index in [0.717, 1.165) is 43.5 Å². The Balaban J connectivity index is 2.00. The minimum Gasteiger partial charge on any atom is -0.357 e. The molecule has 0 fully saturated rings. The second-order valence-corrected chi connectivity index (χ2v) is 5.98. The quantitative estimate of drug-likeness (QED) is 0.628. The fourth-order valence-electron chi connectivity index (χ4n) is 2.71.